The number of hydrogen-bond acceptors (Lipinski definition) is 3. The summed E-state index contributed by atoms with van der Waals surface area (Å²) in [7, 11) is 0. The van der Waals surface area contributed by atoms with Crippen molar-refractivity contribution in [3.05, 3.63) is 60.4 Å². The van der Waals surface area contributed by atoms with Crippen molar-refractivity contribution in [1.29, 1.82) is 0 Å². The number of aliphatic hydroxyl groups is 1. The number of fused-ring (bicyclic) bond motifs is 1. The van der Waals surface area contributed by atoms with E-state index in [0.717, 1.165) is 16.6 Å². The van der Waals surface area contributed by atoms with Crippen LogP contribution in [0.2, 0.25) is 0 Å². The van der Waals surface area contributed by atoms with Gasteiger partial charge in [0.2, 0.25) is 0 Å². The molecule has 6 nitrogen and oxygen atoms in total. The highest BCUT2D eigenvalue weighted by atomic mass is 16.3. The van der Waals surface area contributed by atoms with Crippen LogP contribution in [0.25, 0.3) is 11.0 Å². The molecule has 0 fully saturated rings. The average molecular weight is 310 g/mol. The van der Waals surface area contributed by atoms with Crippen LogP contribution in [-0.2, 0) is 6.54 Å². The standard InChI is InChI=1S/C17H18N4O2/c22-9-8-21(11-13-4-2-1-3-5-13)17(23)20-14-6-7-15-16(10-14)19-12-18-15/h1-7,10,12,22H,8-9,11H2,(H,18,19)(H,20,23). The van der Waals surface area contributed by atoms with Gasteiger partial charge in [-0.25, -0.2) is 9.78 Å². The molecular weight excluding hydrogens is 292 g/mol. The lowest BCUT2D eigenvalue weighted by Crippen LogP contribution is -2.36. The van der Waals surface area contributed by atoms with Crippen molar-refractivity contribution in [2.75, 3.05) is 18.5 Å². The number of rotatable bonds is 5. The number of benzene rings is 2. The molecule has 1 heterocycles. The van der Waals surface area contributed by atoms with Crippen LogP contribution in [0.3, 0.4) is 0 Å². The fourth-order valence-corrected chi connectivity index (χ4v) is 2.39. The van der Waals surface area contributed by atoms with Crippen molar-refractivity contribution >= 4 is 22.8 Å². The number of nitrogens with one attached hydrogen (secondary N) is 2. The Morgan fingerprint density at radius 3 is 2.83 bits per heavy atom. The van der Waals surface area contributed by atoms with Gasteiger partial charge in [-0.15, -0.1) is 0 Å². The zero-order valence-corrected chi connectivity index (χ0v) is 12.6. The van der Waals surface area contributed by atoms with E-state index in [1.54, 1.807) is 17.3 Å². The molecule has 3 N–H and O–H groups in total. The molecule has 2 amide bonds. The van der Waals surface area contributed by atoms with Gasteiger partial charge in [-0.3, -0.25) is 0 Å². The maximum Gasteiger partial charge on any atom is 0.322 e. The van der Waals surface area contributed by atoms with Gasteiger partial charge < -0.3 is 20.3 Å². The minimum atomic E-state index is -0.248. The van der Waals surface area contributed by atoms with Crippen molar-refractivity contribution in [3.8, 4) is 0 Å². The molecule has 0 radical (unpaired) electrons. The van der Waals surface area contributed by atoms with Gasteiger partial charge in [-0.05, 0) is 23.8 Å². The number of aliphatic hydroxyl groups excluding tert-OH is 1. The number of anilines is 1. The first-order valence-corrected chi connectivity index (χ1v) is 7.40. The third-order valence-electron chi connectivity index (χ3n) is 3.54. The van der Waals surface area contributed by atoms with Gasteiger partial charge in [0.1, 0.15) is 0 Å². The van der Waals surface area contributed by atoms with E-state index in [1.807, 2.05) is 42.5 Å². The lowest BCUT2D eigenvalue weighted by atomic mass is 10.2. The molecule has 0 saturated heterocycles. The zero-order chi connectivity index (χ0) is 16.1. The van der Waals surface area contributed by atoms with Gasteiger partial charge in [-0.2, -0.15) is 0 Å². The van der Waals surface area contributed by atoms with Gasteiger partial charge >= 0.3 is 6.03 Å². The highest BCUT2D eigenvalue weighted by Gasteiger charge is 2.14. The van der Waals surface area contributed by atoms with E-state index in [0.29, 0.717) is 12.2 Å². The van der Waals surface area contributed by atoms with E-state index < -0.39 is 0 Å². The minimum absolute atomic E-state index is 0.0835. The summed E-state index contributed by atoms with van der Waals surface area (Å²) in [5, 5.41) is 12.1. The smallest absolute Gasteiger partial charge is 0.322 e. The molecule has 3 aromatic rings. The molecule has 0 saturated carbocycles. The summed E-state index contributed by atoms with van der Waals surface area (Å²) in [6.07, 6.45) is 1.61. The number of aromatic nitrogens is 2. The summed E-state index contributed by atoms with van der Waals surface area (Å²) in [4.78, 5) is 21.2. The third kappa shape index (κ3) is 3.67. The molecule has 0 aliphatic rings. The molecule has 6 heteroatoms. The van der Waals surface area contributed by atoms with Crippen LogP contribution < -0.4 is 5.32 Å². The summed E-state index contributed by atoms with van der Waals surface area (Å²) in [6.45, 7) is 0.631. The number of nitrogens with zero attached hydrogens (tertiary/aromatic N) is 2. The second kappa shape index (κ2) is 6.93. The van der Waals surface area contributed by atoms with Gasteiger partial charge in [0.05, 0.1) is 24.0 Å². The van der Waals surface area contributed by atoms with Gasteiger partial charge in [0.15, 0.2) is 0 Å². The molecule has 2 aromatic carbocycles. The maximum absolute atomic E-state index is 12.5. The topological polar surface area (TPSA) is 81.2 Å². The number of H-pyrrole nitrogens is 1. The van der Waals surface area contributed by atoms with E-state index in [-0.39, 0.29) is 19.2 Å². The number of amides is 2. The fourth-order valence-electron chi connectivity index (χ4n) is 2.39. The number of carbonyl (C=O) groups excluding carboxylic acids is 1. The summed E-state index contributed by atoms with van der Waals surface area (Å²) in [6, 6.07) is 14.9. The van der Waals surface area contributed by atoms with Crippen molar-refractivity contribution < 1.29 is 9.90 Å². The minimum Gasteiger partial charge on any atom is -0.395 e. The third-order valence-corrected chi connectivity index (χ3v) is 3.54. The molecule has 118 valence electrons. The Balaban J connectivity index is 1.72. The number of carbonyl (C=O) groups is 1. The average Bonchev–Trinajstić information content (AvgIpc) is 3.03. The van der Waals surface area contributed by atoms with E-state index in [2.05, 4.69) is 15.3 Å². The molecule has 23 heavy (non-hydrogen) atoms. The van der Waals surface area contributed by atoms with Crippen LogP contribution in [0.5, 0.6) is 0 Å². The molecule has 3 rings (SSSR count). The molecule has 0 unspecified atom stereocenters. The molecule has 1 aromatic heterocycles. The van der Waals surface area contributed by atoms with Crippen LogP contribution in [0.15, 0.2) is 54.9 Å². The van der Waals surface area contributed by atoms with Crippen LogP contribution >= 0.6 is 0 Å². The second-order valence-corrected chi connectivity index (χ2v) is 5.20. The Hall–Kier alpha value is -2.86. The van der Waals surface area contributed by atoms with Crippen molar-refractivity contribution in [1.82, 2.24) is 14.9 Å². The predicted octanol–water partition coefficient (Wildman–Crippen LogP) is 2.59. The van der Waals surface area contributed by atoms with Gasteiger partial charge in [-0.1, -0.05) is 30.3 Å². The highest BCUT2D eigenvalue weighted by molar-refractivity contribution is 5.91. The van der Waals surface area contributed by atoms with Gasteiger partial charge in [0, 0.05) is 18.8 Å². The lowest BCUT2D eigenvalue weighted by molar-refractivity contribution is 0.185. The molecule has 0 atom stereocenters. The van der Waals surface area contributed by atoms with Crippen molar-refractivity contribution in [3.63, 3.8) is 0 Å². The number of urea groups is 1. The summed E-state index contributed by atoms with van der Waals surface area (Å²) >= 11 is 0. The number of imidazole rings is 1. The maximum atomic E-state index is 12.5. The van der Waals surface area contributed by atoms with Crippen LogP contribution in [0.1, 0.15) is 5.56 Å². The lowest BCUT2D eigenvalue weighted by Gasteiger charge is -2.22. The van der Waals surface area contributed by atoms with E-state index >= 15 is 0 Å². The van der Waals surface area contributed by atoms with Crippen molar-refractivity contribution in [2.45, 2.75) is 6.54 Å². The van der Waals surface area contributed by atoms with Crippen LogP contribution in [0.4, 0.5) is 10.5 Å². The fraction of sp³-hybridized carbons (Fsp3) is 0.176. The monoisotopic (exact) mass is 310 g/mol. The molecule has 0 bridgehead atoms. The largest absolute Gasteiger partial charge is 0.395 e. The quantitative estimate of drug-likeness (QED) is 0.677. The first-order valence-electron chi connectivity index (χ1n) is 7.40. The van der Waals surface area contributed by atoms with Gasteiger partial charge in [0.25, 0.3) is 0 Å². The highest BCUT2D eigenvalue weighted by Crippen LogP contribution is 2.16. The molecule has 0 spiro atoms. The van der Waals surface area contributed by atoms with Crippen LogP contribution in [-0.4, -0.2) is 39.2 Å². The summed E-state index contributed by atoms with van der Waals surface area (Å²) in [5.41, 5.74) is 3.40. The predicted molar refractivity (Wildman–Crippen MR) is 89.1 cm³/mol. The second-order valence-electron chi connectivity index (χ2n) is 5.20. The van der Waals surface area contributed by atoms with Crippen molar-refractivity contribution in [2.24, 2.45) is 0 Å². The Kier molecular flexibility index (Phi) is 4.54. The Labute approximate surface area is 133 Å². The number of hydrogen-bond donors (Lipinski definition) is 3. The SMILES string of the molecule is O=C(Nc1ccc2nc[nH]c2c1)N(CCO)Cc1ccccc1. The molecular formula is C17H18N4O2. The molecule has 0 aliphatic carbocycles. The Bertz CT molecular complexity index is 785. The van der Waals surface area contributed by atoms with E-state index in [4.69, 9.17) is 0 Å². The molecule has 0 aliphatic heterocycles. The first kappa shape index (κ1) is 15.1. The van der Waals surface area contributed by atoms with E-state index in [9.17, 15) is 9.90 Å². The Morgan fingerprint density at radius 1 is 1.22 bits per heavy atom. The normalized spacial score (nSPS) is 10.7. The zero-order valence-electron chi connectivity index (χ0n) is 12.6. The summed E-state index contributed by atoms with van der Waals surface area (Å²) in [5.74, 6) is 0. The first-order chi connectivity index (χ1) is 11.3. The number of aromatic amines is 1. The van der Waals surface area contributed by atoms with Crippen LogP contribution in [0, 0.1) is 0 Å². The van der Waals surface area contributed by atoms with E-state index in [1.165, 1.54) is 0 Å². The summed E-state index contributed by atoms with van der Waals surface area (Å²) < 4.78 is 0. The Morgan fingerprint density at radius 2 is 2.04 bits per heavy atom.